The van der Waals surface area contributed by atoms with Gasteiger partial charge in [0.05, 0.1) is 13.2 Å². The lowest BCUT2D eigenvalue weighted by atomic mass is 10.0. The van der Waals surface area contributed by atoms with Crippen LogP contribution in [0.3, 0.4) is 0 Å². The summed E-state index contributed by atoms with van der Waals surface area (Å²) in [5.41, 5.74) is 5.37. The lowest BCUT2D eigenvalue weighted by Crippen LogP contribution is -2.29. The smallest absolute Gasteiger partial charge is 0.462 e. The van der Waals surface area contributed by atoms with Gasteiger partial charge in [-0.15, -0.1) is 0 Å². The Kier molecular flexibility index (Phi) is 48.3. The van der Waals surface area contributed by atoms with Crippen LogP contribution < -0.4 is 5.73 Å². The summed E-state index contributed by atoms with van der Waals surface area (Å²) in [7, 11) is -4.39. The van der Waals surface area contributed by atoms with Crippen molar-refractivity contribution in [2.45, 2.75) is 264 Å². The Balaban J connectivity index is 4.04. The first kappa shape index (κ1) is 61.2. The molecule has 0 aromatic carbocycles. The number of allylic oxidation sites excluding steroid dienone is 6. The van der Waals surface area contributed by atoms with Crippen molar-refractivity contribution in [3.8, 4) is 0 Å². The van der Waals surface area contributed by atoms with Gasteiger partial charge in [0, 0.05) is 19.4 Å². The van der Waals surface area contributed by atoms with Crippen molar-refractivity contribution >= 4 is 19.8 Å². The summed E-state index contributed by atoms with van der Waals surface area (Å²) in [5, 5.41) is 0. The van der Waals surface area contributed by atoms with Gasteiger partial charge in [0.15, 0.2) is 6.10 Å². The second-order valence-electron chi connectivity index (χ2n) is 17.8. The van der Waals surface area contributed by atoms with E-state index in [0.29, 0.717) is 6.42 Å². The molecule has 0 aromatic heterocycles. The van der Waals surface area contributed by atoms with E-state index in [1.54, 1.807) is 0 Å². The van der Waals surface area contributed by atoms with Crippen LogP contribution >= 0.6 is 7.82 Å². The van der Waals surface area contributed by atoms with Crippen LogP contribution in [0.15, 0.2) is 36.5 Å². The minimum atomic E-state index is -4.39. The van der Waals surface area contributed by atoms with Crippen molar-refractivity contribution in [2.75, 3.05) is 26.4 Å². The van der Waals surface area contributed by atoms with Crippen LogP contribution in [0, 0.1) is 0 Å². The maximum Gasteiger partial charge on any atom is 0.472 e. The largest absolute Gasteiger partial charge is 0.472 e. The van der Waals surface area contributed by atoms with Gasteiger partial charge < -0.3 is 20.1 Å². The molecule has 9 nitrogen and oxygen atoms in total. The number of phosphoric ester groups is 1. The quantitative estimate of drug-likeness (QED) is 0.0265. The van der Waals surface area contributed by atoms with Gasteiger partial charge in [-0.25, -0.2) is 4.57 Å². The van der Waals surface area contributed by atoms with Crippen LogP contribution in [0.2, 0.25) is 0 Å². The summed E-state index contributed by atoms with van der Waals surface area (Å²) in [4.78, 5) is 35.1. The molecule has 0 aliphatic rings. The maximum absolute atomic E-state index is 12.7. The van der Waals surface area contributed by atoms with Gasteiger partial charge in [-0.3, -0.25) is 18.6 Å². The standard InChI is InChI=1S/C53H100NO8P/c1-3-5-7-9-11-13-15-17-19-21-23-25-27-29-31-33-35-37-39-41-43-45-52(55)59-49-51(50-61-63(57,58)60-48-47-54)62-53(56)46-44-42-40-38-36-34-32-30-28-26-24-22-20-18-16-14-12-10-8-6-4-2/h16,18,22,24,28,30,51H,3-15,17,19-21,23,25-27,29,31-50,54H2,1-2H3,(H,57,58)/b18-16-,24-22-,30-28-. The van der Waals surface area contributed by atoms with E-state index in [1.807, 2.05) is 0 Å². The van der Waals surface area contributed by atoms with Crippen molar-refractivity contribution < 1.29 is 37.6 Å². The second-order valence-corrected chi connectivity index (χ2v) is 19.2. The van der Waals surface area contributed by atoms with Crippen molar-refractivity contribution in [1.29, 1.82) is 0 Å². The molecule has 0 amide bonds. The SMILES string of the molecule is CCCCCCC/C=C\C/C=C\C/C=C\CCCCCCCCC(=O)OC(COC(=O)CCCCCCCCCCCCCCCCCCCCCCC)COP(=O)(O)OCCN. The number of nitrogens with two attached hydrogens (primary N) is 1. The van der Waals surface area contributed by atoms with Gasteiger partial charge in [0.1, 0.15) is 6.61 Å². The molecule has 0 saturated heterocycles. The van der Waals surface area contributed by atoms with Crippen LogP contribution in [0.25, 0.3) is 0 Å². The molecule has 0 rings (SSSR count). The zero-order valence-corrected chi connectivity index (χ0v) is 42.0. The molecule has 0 saturated carbocycles. The predicted molar refractivity (Wildman–Crippen MR) is 266 cm³/mol. The molecule has 0 aliphatic heterocycles. The third-order valence-electron chi connectivity index (χ3n) is 11.5. The van der Waals surface area contributed by atoms with E-state index in [9.17, 15) is 19.0 Å². The Morgan fingerprint density at radius 1 is 0.476 bits per heavy atom. The van der Waals surface area contributed by atoms with Crippen molar-refractivity contribution in [2.24, 2.45) is 5.73 Å². The van der Waals surface area contributed by atoms with Crippen LogP contribution in [0.4, 0.5) is 0 Å². The molecule has 2 unspecified atom stereocenters. The van der Waals surface area contributed by atoms with Gasteiger partial charge >= 0.3 is 19.8 Å². The summed E-state index contributed by atoms with van der Waals surface area (Å²) in [5.74, 6) is -0.831. The second kappa shape index (κ2) is 49.7. The molecule has 0 radical (unpaired) electrons. The average Bonchev–Trinajstić information content (AvgIpc) is 3.27. The number of carbonyl (C=O) groups is 2. The number of ether oxygens (including phenoxy) is 2. The van der Waals surface area contributed by atoms with E-state index in [0.717, 1.165) is 70.6 Å². The van der Waals surface area contributed by atoms with E-state index in [2.05, 4.69) is 50.3 Å². The molecule has 0 spiro atoms. The molecule has 0 fully saturated rings. The number of phosphoric acid groups is 1. The zero-order chi connectivity index (χ0) is 46.0. The first-order valence-electron chi connectivity index (χ1n) is 26.5. The first-order chi connectivity index (χ1) is 30.8. The highest BCUT2D eigenvalue weighted by atomic mass is 31.2. The van der Waals surface area contributed by atoms with Gasteiger partial charge in [0.2, 0.25) is 0 Å². The van der Waals surface area contributed by atoms with Crippen molar-refractivity contribution in [1.82, 2.24) is 0 Å². The number of hydrogen-bond donors (Lipinski definition) is 2. The van der Waals surface area contributed by atoms with E-state index >= 15 is 0 Å². The van der Waals surface area contributed by atoms with Gasteiger partial charge in [-0.05, 0) is 51.4 Å². The van der Waals surface area contributed by atoms with Gasteiger partial charge in [-0.2, -0.15) is 0 Å². The average molecular weight is 910 g/mol. The van der Waals surface area contributed by atoms with Crippen LogP contribution in [-0.2, 0) is 32.7 Å². The topological polar surface area (TPSA) is 134 Å². The lowest BCUT2D eigenvalue weighted by molar-refractivity contribution is -0.161. The zero-order valence-electron chi connectivity index (χ0n) is 41.1. The fourth-order valence-corrected chi connectivity index (χ4v) is 8.35. The highest BCUT2D eigenvalue weighted by molar-refractivity contribution is 7.47. The molecule has 0 aliphatic carbocycles. The fraction of sp³-hybridized carbons (Fsp3) is 0.849. The number of hydrogen-bond acceptors (Lipinski definition) is 8. The van der Waals surface area contributed by atoms with E-state index < -0.39 is 26.5 Å². The maximum atomic E-state index is 12.7. The molecule has 0 bridgehead atoms. The molecule has 10 heteroatoms. The van der Waals surface area contributed by atoms with Crippen LogP contribution in [0.5, 0.6) is 0 Å². The number of rotatable bonds is 50. The Labute approximate surface area is 388 Å². The van der Waals surface area contributed by atoms with Crippen molar-refractivity contribution in [3.63, 3.8) is 0 Å². The summed E-state index contributed by atoms with van der Waals surface area (Å²) in [6.07, 6.45) is 57.5. The van der Waals surface area contributed by atoms with E-state index in [-0.39, 0.29) is 38.6 Å². The Bertz CT molecular complexity index is 1130. The minimum Gasteiger partial charge on any atom is -0.462 e. The third-order valence-corrected chi connectivity index (χ3v) is 12.5. The highest BCUT2D eigenvalue weighted by Crippen LogP contribution is 2.43. The monoisotopic (exact) mass is 910 g/mol. The highest BCUT2D eigenvalue weighted by Gasteiger charge is 2.26. The molecular weight excluding hydrogens is 810 g/mol. The summed E-state index contributed by atoms with van der Waals surface area (Å²) in [6.45, 7) is 3.75. The molecule has 0 aromatic rings. The third kappa shape index (κ3) is 49.5. The minimum absolute atomic E-state index is 0.0518. The van der Waals surface area contributed by atoms with Gasteiger partial charge in [-0.1, -0.05) is 230 Å². The first-order valence-corrected chi connectivity index (χ1v) is 28.0. The summed E-state index contributed by atoms with van der Waals surface area (Å²) >= 11 is 0. The predicted octanol–water partition coefficient (Wildman–Crippen LogP) is 16.1. The van der Waals surface area contributed by atoms with Gasteiger partial charge in [0.25, 0.3) is 0 Å². The molecule has 63 heavy (non-hydrogen) atoms. The lowest BCUT2D eigenvalue weighted by Gasteiger charge is -2.19. The molecule has 2 atom stereocenters. The van der Waals surface area contributed by atoms with E-state index in [4.69, 9.17) is 24.3 Å². The number of esters is 2. The number of unbranched alkanes of at least 4 members (excludes halogenated alkanes) is 31. The Morgan fingerprint density at radius 2 is 0.825 bits per heavy atom. The Hall–Kier alpha value is -1.77. The normalized spacial score (nSPS) is 13.4. The fourth-order valence-electron chi connectivity index (χ4n) is 7.59. The molecule has 0 heterocycles. The molecular formula is C53H100NO8P. The molecule has 370 valence electrons. The van der Waals surface area contributed by atoms with Crippen LogP contribution in [0.1, 0.15) is 258 Å². The Morgan fingerprint density at radius 3 is 1.22 bits per heavy atom. The summed E-state index contributed by atoms with van der Waals surface area (Å²) in [6, 6.07) is 0. The van der Waals surface area contributed by atoms with E-state index in [1.165, 1.54) is 154 Å². The number of carbonyl (C=O) groups excluding carboxylic acids is 2. The summed E-state index contributed by atoms with van der Waals surface area (Å²) < 4.78 is 33.0. The van der Waals surface area contributed by atoms with Crippen molar-refractivity contribution in [3.05, 3.63) is 36.5 Å². The molecule has 3 N–H and O–H groups in total. The van der Waals surface area contributed by atoms with Crippen LogP contribution in [-0.4, -0.2) is 49.3 Å².